The third-order valence-electron chi connectivity index (χ3n) is 2.67. The zero-order valence-electron chi connectivity index (χ0n) is 13.3. The largest absolute Gasteiger partial charge is 3.00 e. The van der Waals surface area contributed by atoms with Gasteiger partial charge in [0.25, 0.3) is 0 Å². The van der Waals surface area contributed by atoms with E-state index in [1.807, 2.05) is 0 Å². The molecule has 0 aromatic carbocycles. The summed E-state index contributed by atoms with van der Waals surface area (Å²) >= 11 is 0. The van der Waals surface area contributed by atoms with E-state index in [0.29, 0.717) is 0 Å². The molecule has 0 fully saturated rings. The molecule has 0 aliphatic rings. The zero-order chi connectivity index (χ0) is 16.7. The Morgan fingerprint density at radius 1 is 0.864 bits per heavy atom. The van der Waals surface area contributed by atoms with Crippen molar-refractivity contribution >= 4 is 11.9 Å². The maximum absolute atomic E-state index is 10.2. The second-order valence-corrected chi connectivity index (χ2v) is 5.71. The van der Waals surface area contributed by atoms with Crippen molar-refractivity contribution in [2.45, 2.75) is 39.9 Å². The number of carboxylic acids is 2. The minimum Gasteiger partial charge on any atom is -0.854 e. The van der Waals surface area contributed by atoms with Gasteiger partial charge in [-0.2, -0.15) is 0 Å². The van der Waals surface area contributed by atoms with E-state index in [1.54, 1.807) is 0 Å². The van der Waals surface area contributed by atoms with Gasteiger partial charge in [0.1, 0.15) is 0 Å². The molecule has 0 saturated heterocycles. The van der Waals surface area contributed by atoms with Gasteiger partial charge >= 0.3 is 46.6 Å². The molecule has 0 heterocycles. The predicted molar refractivity (Wildman–Crippen MR) is 59.3 cm³/mol. The van der Waals surface area contributed by atoms with E-state index < -0.39 is 48.2 Å². The summed E-state index contributed by atoms with van der Waals surface area (Å²) in [5.41, 5.74) is -2.28. The Hall–Kier alpha value is 0.299. The molecule has 0 saturated carbocycles. The Morgan fingerprint density at radius 2 is 1.05 bits per heavy atom. The second-order valence-electron chi connectivity index (χ2n) is 5.71. The summed E-state index contributed by atoms with van der Waals surface area (Å²) < 4.78 is 0. The average molecular weight is 371 g/mol. The normalized spacial score (nSPS) is 13.5. The molecule has 0 spiro atoms. The number of rotatable bonds is 6. The first-order valence-corrected chi connectivity index (χ1v) is 5.77. The summed E-state index contributed by atoms with van der Waals surface area (Å²) in [6.07, 6.45) is -3.35. The molecule has 125 valence electrons. The quantitative estimate of drug-likeness (QED) is 0.434. The van der Waals surface area contributed by atoms with Gasteiger partial charge in [-0.1, -0.05) is 27.7 Å². The summed E-state index contributed by atoms with van der Waals surface area (Å²) in [6.45, 7) is 4.23. The van der Waals surface area contributed by atoms with Crippen LogP contribution in [0.15, 0.2) is 0 Å². The van der Waals surface area contributed by atoms with Gasteiger partial charge in [0.2, 0.25) is 0 Å². The van der Waals surface area contributed by atoms with Crippen LogP contribution < -0.4 is 50.0 Å². The standard InChI is InChI=1S/2C6H11O4.Fe.Na/c2*1-6(2,3-7)4(8)5(9)10;;/h2*4,8H,3H2,1-2H3,(H,9,10);;/q2*-1;+3;+1/p-2. The molecule has 8 nitrogen and oxygen atoms in total. The van der Waals surface area contributed by atoms with Crippen LogP contribution in [0.25, 0.3) is 0 Å². The number of aliphatic carboxylic acids is 2. The minimum absolute atomic E-state index is 0. The van der Waals surface area contributed by atoms with E-state index in [-0.39, 0.29) is 46.6 Å². The van der Waals surface area contributed by atoms with Gasteiger partial charge in [0.15, 0.2) is 0 Å². The molecule has 22 heavy (non-hydrogen) atoms. The zero-order valence-corrected chi connectivity index (χ0v) is 16.4. The Kier molecular flexibility index (Phi) is 17.4. The molecule has 0 aromatic rings. The van der Waals surface area contributed by atoms with Crippen LogP contribution in [0.5, 0.6) is 0 Å². The molecule has 2 atom stereocenters. The van der Waals surface area contributed by atoms with E-state index in [1.165, 1.54) is 27.7 Å². The van der Waals surface area contributed by atoms with Crippen molar-refractivity contribution in [1.82, 2.24) is 0 Å². The number of aliphatic hydroxyl groups is 2. The minimum atomic E-state index is -1.68. The fraction of sp³-hybridized carbons (Fsp3) is 0.833. The van der Waals surface area contributed by atoms with E-state index in [0.717, 1.165) is 0 Å². The van der Waals surface area contributed by atoms with Gasteiger partial charge in [0.05, 0.1) is 24.1 Å². The van der Waals surface area contributed by atoms with E-state index in [9.17, 15) is 30.0 Å². The van der Waals surface area contributed by atoms with E-state index in [2.05, 4.69) is 0 Å². The van der Waals surface area contributed by atoms with Crippen molar-refractivity contribution < 1.29 is 86.9 Å². The third kappa shape index (κ3) is 10.9. The Labute approximate surface area is 162 Å². The molecule has 0 aliphatic carbocycles. The molecule has 2 unspecified atom stereocenters. The van der Waals surface area contributed by atoms with Gasteiger partial charge in [-0.15, -0.1) is 13.2 Å². The van der Waals surface area contributed by atoms with Crippen molar-refractivity contribution in [1.29, 1.82) is 0 Å². The van der Waals surface area contributed by atoms with Gasteiger partial charge in [0, 0.05) is 0 Å². The second kappa shape index (κ2) is 12.7. The number of carbonyl (C=O) groups is 2. The summed E-state index contributed by atoms with van der Waals surface area (Å²) in [6, 6.07) is 0. The molecule has 1 radical (unpaired) electrons. The predicted octanol–water partition coefficient (Wildman–Crippen LogP) is -8.03. The van der Waals surface area contributed by atoms with Crippen molar-refractivity contribution in [2.75, 3.05) is 13.2 Å². The van der Waals surface area contributed by atoms with Crippen molar-refractivity contribution in [3.63, 3.8) is 0 Å². The monoisotopic (exact) mass is 371 g/mol. The molecular formula is C12H20FeNaO8. The number of aliphatic hydroxyl groups excluding tert-OH is 2. The molecule has 0 bridgehead atoms. The number of hydrogen-bond acceptors (Lipinski definition) is 8. The average Bonchev–Trinajstić information content (AvgIpc) is 2.37. The van der Waals surface area contributed by atoms with Crippen molar-refractivity contribution in [2.24, 2.45) is 10.8 Å². The third-order valence-corrected chi connectivity index (χ3v) is 2.67. The topological polar surface area (TPSA) is 167 Å². The SMILES string of the molecule is CC(C)(C[O-])C(O)C(=O)[O-].CC(C)(C[O-])C(O)C(=O)[O-].[Fe+3].[Na+]. The van der Waals surface area contributed by atoms with Crippen LogP contribution in [0, 0.1) is 10.8 Å². The van der Waals surface area contributed by atoms with Crippen molar-refractivity contribution in [3.8, 4) is 0 Å². The van der Waals surface area contributed by atoms with Crippen molar-refractivity contribution in [3.05, 3.63) is 0 Å². The van der Waals surface area contributed by atoms with Gasteiger partial charge < -0.3 is 40.2 Å². The van der Waals surface area contributed by atoms with Crippen LogP contribution in [0.4, 0.5) is 0 Å². The fourth-order valence-electron chi connectivity index (χ4n) is 0.796. The van der Waals surface area contributed by atoms with Crippen LogP contribution in [0.2, 0.25) is 0 Å². The Bertz CT molecular complexity index is 303. The van der Waals surface area contributed by atoms with E-state index >= 15 is 0 Å². The van der Waals surface area contributed by atoms with Crippen LogP contribution in [-0.4, -0.2) is 47.6 Å². The number of carbonyl (C=O) groups excluding carboxylic acids is 2. The molecule has 10 heteroatoms. The van der Waals surface area contributed by atoms with Gasteiger partial charge in [-0.05, 0) is 10.8 Å². The fourth-order valence-corrected chi connectivity index (χ4v) is 0.796. The summed E-state index contributed by atoms with van der Waals surface area (Å²) in [7, 11) is 0. The van der Waals surface area contributed by atoms with Crippen LogP contribution in [0.3, 0.4) is 0 Å². The first-order chi connectivity index (χ1) is 8.83. The van der Waals surface area contributed by atoms with Crippen LogP contribution >= 0.6 is 0 Å². The molecule has 0 aromatic heterocycles. The van der Waals surface area contributed by atoms with Crippen LogP contribution in [0.1, 0.15) is 27.7 Å². The molecular weight excluding hydrogens is 351 g/mol. The first-order valence-electron chi connectivity index (χ1n) is 5.77. The van der Waals surface area contributed by atoms with Crippen LogP contribution in [-0.2, 0) is 26.7 Å². The number of carboxylic acid groups (broad SMARTS) is 2. The molecule has 0 amide bonds. The van der Waals surface area contributed by atoms with Gasteiger partial charge in [-0.25, -0.2) is 0 Å². The summed E-state index contributed by atoms with van der Waals surface area (Å²) in [5.74, 6) is -3.19. The molecule has 0 aliphatic heterocycles. The molecule has 0 rings (SSSR count). The smallest absolute Gasteiger partial charge is 0.854 e. The molecule has 2 N–H and O–H groups in total. The first kappa shape index (κ1) is 30.2. The summed E-state index contributed by atoms with van der Waals surface area (Å²) in [5, 5.41) is 58.1. The maximum Gasteiger partial charge on any atom is 3.00 e. The summed E-state index contributed by atoms with van der Waals surface area (Å²) in [4.78, 5) is 20.0. The number of hydrogen-bond donors (Lipinski definition) is 2. The van der Waals surface area contributed by atoms with Gasteiger partial charge in [-0.3, -0.25) is 0 Å². The maximum atomic E-state index is 10.2. The van der Waals surface area contributed by atoms with E-state index in [4.69, 9.17) is 10.2 Å². The Balaban J connectivity index is -0.000000135. The Morgan fingerprint density at radius 3 is 1.09 bits per heavy atom.